The molecule has 0 radical (unpaired) electrons. The molecule has 0 aliphatic heterocycles. The van der Waals surface area contributed by atoms with Gasteiger partial charge in [0.05, 0.1) is 0 Å². The molecule has 0 spiro atoms. The molecule has 1 aromatic rings. The SMILES string of the molecule is Cc1ccc(Br)cc1CCNC(=O)Br. The average molecular weight is 321 g/mol. The van der Waals surface area contributed by atoms with Crippen molar-refractivity contribution in [3.8, 4) is 0 Å². The van der Waals surface area contributed by atoms with Gasteiger partial charge in [-0.15, -0.1) is 0 Å². The maximum Gasteiger partial charge on any atom is 0.287 e. The van der Waals surface area contributed by atoms with Gasteiger partial charge in [-0.1, -0.05) is 22.0 Å². The number of hydrogen-bond acceptors (Lipinski definition) is 1. The quantitative estimate of drug-likeness (QED) is 0.671. The monoisotopic (exact) mass is 319 g/mol. The lowest BCUT2D eigenvalue weighted by molar-refractivity contribution is 0.262. The largest absolute Gasteiger partial charge is 0.346 e. The first kappa shape index (κ1) is 11.7. The molecule has 0 aliphatic carbocycles. The second kappa shape index (κ2) is 5.51. The molecule has 4 heteroatoms. The van der Waals surface area contributed by atoms with Gasteiger partial charge in [0.2, 0.25) is 0 Å². The zero-order valence-corrected chi connectivity index (χ0v) is 11.0. The summed E-state index contributed by atoms with van der Waals surface area (Å²) in [6.07, 6.45) is 0.850. The van der Waals surface area contributed by atoms with Crippen molar-refractivity contribution in [2.24, 2.45) is 0 Å². The van der Waals surface area contributed by atoms with Crippen LogP contribution in [0.25, 0.3) is 0 Å². The number of nitrogens with one attached hydrogen (secondary N) is 1. The molecule has 1 rings (SSSR count). The van der Waals surface area contributed by atoms with Crippen molar-refractivity contribution in [2.45, 2.75) is 13.3 Å². The molecule has 1 N–H and O–H groups in total. The fraction of sp³-hybridized carbons (Fsp3) is 0.300. The van der Waals surface area contributed by atoms with Crippen LogP contribution in [-0.4, -0.2) is 11.4 Å². The molecule has 0 saturated carbocycles. The van der Waals surface area contributed by atoms with E-state index in [9.17, 15) is 4.79 Å². The van der Waals surface area contributed by atoms with Gasteiger partial charge in [-0.2, -0.15) is 0 Å². The number of benzene rings is 1. The first-order chi connectivity index (χ1) is 6.59. The predicted molar refractivity (Wildman–Crippen MR) is 64.9 cm³/mol. The molecule has 14 heavy (non-hydrogen) atoms. The van der Waals surface area contributed by atoms with Crippen LogP contribution in [-0.2, 0) is 6.42 Å². The Labute approximate surface area is 100 Å². The molecular weight excluding hydrogens is 310 g/mol. The molecular formula is C10H11Br2NO. The second-order valence-corrected chi connectivity index (χ2v) is 4.66. The molecule has 0 aliphatic rings. The Morgan fingerprint density at radius 3 is 2.86 bits per heavy atom. The standard InChI is InChI=1S/C10H11Br2NO/c1-7-2-3-9(11)6-8(7)4-5-13-10(12)14/h2-3,6H,4-5H2,1H3,(H,13,14). The van der Waals surface area contributed by atoms with E-state index in [1.807, 2.05) is 6.07 Å². The van der Waals surface area contributed by atoms with Crippen LogP contribution in [0.4, 0.5) is 4.79 Å². The van der Waals surface area contributed by atoms with E-state index in [1.54, 1.807) is 0 Å². The van der Waals surface area contributed by atoms with Crippen LogP contribution in [0.3, 0.4) is 0 Å². The van der Waals surface area contributed by atoms with Gasteiger partial charge in [0.1, 0.15) is 0 Å². The molecule has 0 fully saturated rings. The van der Waals surface area contributed by atoms with E-state index in [0.29, 0.717) is 6.54 Å². The summed E-state index contributed by atoms with van der Waals surface area (Å²) >= 11 is 6.24. The number of carbonyl (C=O) groups is 1. The Balaban J connectivity index is 2.57. The van der Waals surface area contributed by atoms with Crippen LogP contribution in [0.5, 0.6) is 0 Å². The van der Waals surface area contributed by atoms with Crippen LogP contribution >= 0.6 is 31.9 Å². The number of aryl methyl sites for hydroxylation is 1. The highest BCUT2D eigenvalue weighted by molar-refractivity contribution is 9.18. The molecule has 0 unspecified atom stereocenters. The smallest absolute Gasteiger partial charge is 0.287 e. The molecule has 1 amide bonds. The van der Waals surface area contributed by atoms with Crippen LogP contribution < -0.4 is 5.32 Å². The summed E-state index contributed by atoms with van der Waals surface area (Å²) in [5.74, 6) is 0. The van der Waals surface area contributed by atoms with Crippen molar-refractivity contribution < 1.29 is 4.79 Å². The van der Waals surface area contributed by atoms with E-state index < -0.39 is 0 Å². The van der Waals surface area contributed by atoms with E-state index in [1.165, 1.54) is 11.1 Å². The fourth-order valence-electron chi connectivity index (χ4n) is 1.20. The lowest BCUT2D eigenvalue weighted by atomic mass is 10.1. The van der Waals surface area contributed by atoms with Gasteiger partial charge in [-0.25, -0.2) is 0 Å². The number of halogens is 2. The van der Waals surface area contributed by atoms with Crippen LogP contribution in [0.15, 0.2) is 22.7 Å². The van der Waals surface area contributed by atoms with Crippen molar-refractivity contribution in [2.75, 3.05) is 6.54 Å². The van der Waals surface area contributed by atoms with Gasteiger partial charge in [0, 0.05) is 26.9 Å². The van der Waals surface area contributed by atoms with E-state index in [0.717, 1.165) is 10.9 Å². The van der Waals surface area contributed by atoms with Gasteiger partial charge in [-0.3, -0.25) is 4.79 Å². The summed E-state index contributed by atoms with van der Waals surface area (Å²) < 4.78 is 1.07. The highest BCUT2D eigenvalue weighted by Gasteiger charge is 2.00. The highest BCUT2D eigenvalue weighted by atomic mass is 79.9. The summed E-state index contributed by atoms with van der Waals surface area (Å²) in [5, 5.41) is 2.70. The summed E-state index contributed by atoms with van der Waals surface area (Å²) in [7, 11) is 0. The number of hydrogen-bond donors (Lipinski definition) is 1. The molecule has 2 nitrogen and oxygen atoms in total. The summed E-state index contributed by atoms with van der Waals surface area (Å²) in [6.45, 7) is 2.72. The zero-order valence-electron chi connectivity index (χ0n) is 7.81. The number of rotatable bonds is 3. The first-order valence-electron chi connectivity index (χ1n) is 4.28. The van der Waals surface area contributed by atoms with E-state index in [2.05, 4.69) is 56.2 Å². The van der Waals surface area contributed by atoms with Gasteiger partial charge in [0.15, 0.2) is 0 Å². The topological polar surface area (TPSA) is 29.1 Å². The molecule has 76 valence electrons. The summed E-state index contributed by atoms with van der Waals surface area (Å²) in [4.78, 5) is 10.4. The third-order valence-corrected chi connectivity index (χ3v) is 2.74. The lowest BCUT2D eigenvalue weighted by Crippen LogP contribution is -2.19. The predicted octanol–water partition coefficient (Wildman–Crippen LogP) is 3.40. The van der Waals surface area contributed by atoms with Crippen molar-refractivity contribution in [3.05, 3.63) is 33.8 Å². The molecule has 0 aromatic heterocycles. The third kappa shape index (κ3) is 3.80. The van der Waals surface area contributed by atoms with E-state index in [4.69, 9.17) is 0 Å². The zero-order chi connectivity index (χ0) is 10.6. The maximum absolute atomic E-state index is 10.6. The first-order valence-corrected chi connectivity index (χ1v) is 5.86. The lowest BCUT2D eigenvalue weighted by Gasteiger charge is -2.06. The minimum Gasteiger partial charge on any atom is -0.346 e. The van der Waals surface area contributed by atoms with Gasteiger partial charge in [-0.05, 0) is 36.6 Å². The van der Waals surface area contributed by atoms with E-state index >= 15 is 0 Å². The van der Waals surface area contributed by atoms with Crippen molar-refractivity contribution in [3.63, 3.8) is 0 Å². The Morgan fingerprint density at radius 2 is 2.21 bits per heavy atom. The van der Waals surface area contributed by atoms with Crippen LogP contribution in [0.1, 0.15) is 11.1 Å². The average Bonchev–Trinajstić information content (AvgIpc) is 2.10. The Kier molecular flexibility index (Phi) is 4.62. The van der Waals surface area contributed by atoms with Crippen molar-refractivity contribution in [1.82, 2.24) is 5.32 Å². The Morgan fingerprint density at radius 1 is 1.50 bits per heavy atom. The van der Waals surface area contributed by atoms with Gasteiger partial charge in [0.25, 0.3) is 4.82 Å². The van der Waals surface area contributed by atoms with Gasteiger partial charge < -0.3 is 5.32 Å². The number of amides is 1. The summed E-state index contributed by atoms with van der Waals surface area (Å²) in [5.41, 5.74) is 2.50. The molecule has 0 heterocycles. The molecule has 1 aromatic carbocycles. The highest BCUT2D eigenvalue weighted by Crippen LogP contribution is 2.16. The Bertz CT molecular complexity index is 339. The normalized spacial score (nSPS) is 9.93. The second-order valence-electron chi connectivity index (χ2n) is 3.02. The number of carbonyl (C=O) groups excluding carboxylic acids is 1. The van der Waals surface area contributed by atoms with E-state index in [-0.39, 0.29) is 4.82 Å². The molecule has 0 saturated heterocycles. The fourth-order valence-corrected chi connectivity index (χ4v) is 1.81. The van der Waals surface area contributed by atoms with Crippen LogP contribution in [0.2, 0.25) is 0 Å². The molecule has 0 atom stereocenters. The third-order valence-electron chi connectivity index (χ3n) is 1.97. The molecule has 0 bridgehead atoms. The minimum atomic E-state index is -0.162. The Hall–Kier alpha value is -0.350. The van der Waals surface area contributed by atoms with Crippen LogP contribution in [0, 0.1) is 6.92 Å². The van der Waals surface area contributed by atoms with Crippen molar-refractivity contribution in [1.29, 1.82) is 0 Å². The maximum atomic E-state index is 10.6. The minimum absolute atomic E-state index is 0.162. The summed E-state index contributed by atoms with van der Waals surface area (Å²) in [6, 6.07) is 6.16. The van der Waals surface area contributed by atoms with Gasteiger partial charge >= 0.3 is 0 Å². The van der Waals surface area contributed by atoms with Crippen molar-refractivity contribution >= 4 is 36.7 Å².